The summed E-state index contributed by atoms with van der Waals surface area (Å²) in [5, 5.41) is 4.94. The van der Waals surface area contributed by atoms with Gasteiger partial charge in [-0.2, -0.15) is 13.2 Å². The lowest BCUT2D eigenvalue weighted by Crippen LogP contribution is -2.43. The highest BCUT2D eigenvalue weighted by atomic mass is 19.4. The average molecular weight is 419 g/mol. The summed E-state index contributed by atoms with van der Waals surface area (Å²) in [5.74, 6) is -1.57. The van der Waals surface area contributed by atoms with Gasteiger partial charge >= 0.3 is 12.2 Å². The van der Waals surface area contributed by atoms with Gasteiger partial charge in [-0.05, 0) is 49.6 Å². The minimum Gasteiger partial charge on any atom is -0.324 e. The summed E-state index contributed by atoms with van der Waals surface area (Å²) in [4.78, 5) is 38.3. The van der Waals surface area contributed by atoms with Crippen LogP contribution < -0.4 is 10.6 Å². The van der Waals surface area contributed by atoms with Crippen LogP contribution in [0.25, 0.3) is 0 Å². The lowest BCUT2D eigenvalue weighted by atomic mass is 9.87. The Kier molecular flexibility index (Phi) is 5.32. The fourth-order valence-electron chi connectivity index (χ4n) is 3.39. The number of rotatable bonds is 4. The number of halogens is 3. The van der Waals surface area contributed by atoms with Crippen molar-refractivity contribution in [1.82, 2.24) is 10.2 Å². The van der Waals surface area contributed by atoms with E-state index in [0.717, 1.165) is 23.3 Å². The number of aryl methyl sites for hydroxylation is 2. The van der Waals surface area contributed by atoms with Gasteiger partial charge in [0.2, 0.25) is 5.91 Å². The lowest BCUT2D eigenvalue weighted by molar-refractivity contribution is -0.140. The zero-order valence-corrected chi connectivity index (χ0v) is 16.6. The topological polar surface area (TPSA) is 78.5 Å². The second-order valence-electron chi connectivity index (χ2n) is 7.36. The molecule has 0 radical (unpaired) electrons. The summed E-state index contributed by atoms with van der Waals surface area (Å²) in [6.45, 7) is 4.20. The molecule has 1 atom stereocenters. The van der Waals surface area contributed by atoms with Crippen molar-refractivity contribution in [2.24, 2.45) is 0 Å². The number of carbonyl (C=O) groups is 3. The number of carbonyl (C=O) groups excluding carboxylic acids is 3. The maximum Gasteiger partial charge on any atom is 0.416 e. The molecule has 0 aliphatic carbocycles. The summed E-state index contributed by atoms with van der Waals surface area (Å²) in [6.07, 6.45) is -4.71. The first-order chi connectivity index (χ1) is 13.9. The third-order valence-electron chi connectivity index (χ3n) is 5.01. The SMILES string of the molecule is Cc1ccc(C)c(NC(=O)CN2C(=O)NC(C)(c3ccccc3C(F)(F)F)C2=O)c1. The highest BCUT2D eigenvalue weighted by molar-refractivity contribution is 6.10. The van der Waals surface area contributed by atoms with Crippen LogP contribution in [0.15, 0.2) is 42.5 Å². The molecule has 2 aromatic carbocycles. The van der Waals surface area contributed by atoms with E-state index in [2.05, 4.69) is 10.6 Å². The molecule has 9 heteroatoms. The Morgan fingerprint density at radius 3 is 2.47 bits per heavy atom. The molecule has 0 spiro atoms. The van der Waals surface area contributed by atoms with Crippen molar-refractivity contribution in [2.75, 3.05) is 11.9 Å². The van der Waals surface area contributed by atoms with Gasteiger partial charge in [-0.1, -0.05) is 30.3 Å². The van der Waals surface area contributed by atoms with Gasteiger partial charge in [0, 0.05) is 5.69 Å². The normalized spacial score (nSPS) is 19.1. The summed E-state index contributed by atoms with van der Waals surface area (Å²) in [7, 11) is 0. The quantitative estimate of drug-likeness (QED) is 0.742. The Labute approximate surface area is 171 Å². The van der Waals surface area contributed by atoms with E-state index >= 15 is 0 Å². The molecule has 0 saturated carbocycles. The van der Waals surface area contributed by atoms with Crippen LogP contribution in [0.3, 0.4) is 0 Å². The van der Waals surface area contributed by atoms with Gasteiger partial charge in [-0.25, -0.2) is 4.79 Å². The number of hydrogen-bond acceptors (Lipinski definition) is 3. The molecule has 1 unspecified atom stereocenters. The van der Waals surface area contributed by atoms with E-state index in [-0.39, 0.29) is 5.56 Å². The Balaban J connectivity index is 1.85. The number of alkyl halides is 3. The molecule has 4 amide bonds. The van der Waals surface area contributed by atoms with Crippen molar-refractivity contribution in [3.8, 4) is 0 Å². The fourth-order valence-corrected chi connectivity index (χ4v) is 3.39. The average Bonchev–Trinajstić information content (AvgIpc) is 2.88. The Morgan fingerprint density at radius 1 is 1.13 bits per heavy atom. The van der Waals surface area contributed by atoms with Crippen molar-refractivity contribution in [3.63, 3.8) is 0 Å². The fraction of sp³-hybridized carbons (Fsp3) is 0.286. The van der Waals surface area contributed by atoms with Gasteiger partial charge in [0.25, 0.3) is 5.91 Å². The van der Waals surface area contributed by atoms with Crippen molar-refractivity contribution in [2.45, 2.75) is 32.5 Å². The van der Waals surface area contributed by atoms with Crippen LogP contribution >= 0.6 is 0 Å². The lowest BCUT2D eigenvalue weighted by Gasteiger charge is -2.25. The first-order valence-corrected chi connectivity index (χ1v) is 9.11. The first kappa shape index (κ1) is 21.4. The highest BCUT2D eigenvalue weighted by Crippen LogP contribution is 2.39. The largest absolute Gasteiger partial charge is 0.416 e. The summed E-state index contributed by atoms with van der Waals surface area (Å²) in [6, 6.07) is 9.02. The molecule has 1 heterocycles. The Hall–Kier alpha value is -3.36. The number of anilines is 1. The van der Waals surface area contributed by atoms with E-state index < -0.39 is 41.7 Å². The van der Waals surface area contributed by atoms with E-state index in [9.17, 15) is 27.6 Å². The summed E-state index contributed by atoms with van der Waals surface area (Å²) < 4.78 is 40.2. The number of nitrogens with one attached hydrogen (secondary N) is 2. The minimum absolute atomic E-state index is 0.381. The molecule has 0 bridgehead atoms. The van der Waals surface area contributed by atoms with Gasteiger partial charge in [0.1, 0.15) is 12.1 Å². The van der Waals surface area contributed by atoms with Crippen LogP contribution in [0.2, 0.25) is 0 Å². The number of imide groups is 1. The van der Waals surface area contributed by atoms with E-state index in [1.807, 2.05) is 19.1 Å². The molecule has 1 fully saturated rings. The van der Waals surface area contributed by atoms with E-state index in [1.165, 1.54) is 19.1 Å². The smallest absolute Gasteiger partial charge is 0.324 e. The second kappa shape index (κ2) is 7.47. The number of amides is 4. The molecule has 30 heavy (non-hydrogen) atoms. The van der Waals surface area contributed by atoms with Crippen LogP contribution in [0.4, 0.5) is 23.7 Å². The molecule has 3 rings (SSSR count). The third kappa shape index (κ3) is 3.87. The molecule has 6 nitrogen and oxygen atoms in total. The van der Waals surface area contributed by atoms with Crippen molar-refractivity contribution in [1.29, 1.82) is 0 Å². The van der Waals surface area contributed by atoms with Crippen molar-refractivity contribution >= 4 is 23.5 Å². The number of nitrogens with zero attached hydrogens (tertiary/aromatic N) is 1. The van der Waals surface area contributed by atoms with Crippen LogP contribution in [-0.4, -0.2) is 29.3 Å². The molecule has 1 saturated heterocycles. The maximum atomic E-state index is 13.4. The highest BCUT2D eigenvalue weighted by Gasteiger charge is 2.52. The first-order valence-electron chi connectivity index (χ1n) is 9.11. The van der Waals surface area contributed by atoms with Crippen molar-refractivity contribution in [3.05, 3.63) is 64.7 Å². The van der Waals surface area contributed by atoms with E-state index in [4.69, 9.17) is 0 Å². The van der Waals surface area contributed by atoms with Gasteiger partial charge in [0.05, 0.1) is 5.56 Å². The van der Waals surface area contributed by atoms with Crippen LogP contribution in [0.1, 0.15) is 29.2 Å². The minimum atomic E-state index is -4.71. The molecule has 0 aromatic heterocycles. The molecule has 2 aromatic rings. The van der Waals surface area contributed by atoms with Gasteiger partial charge in [0.15, 0.2) is 0 Å². The van der Waals surface area contributed by atoms with Gasteiger partial charge in [-0.3, -0.25) is 14.5 Å². The number of urea groups is 1. The zero-order chi connectivity index (χ0) is 22.3. The molecule has 1 aliphatic heterocycles. The van der Waals surface area contributed by atoms with Crippen LogP contribution in [0.5, 0.6) is 0 Å². The number of hydrogen-bond donors (Lipinski definition) is 2. The van der Waals surface area contributed by atoms with E-state index in [0.29, 0.717) is 10.6 Å². The van der Waals surface area contributed by atoms with E-state index in [1.54, 1.807) is 13.0 Å². The van der Waals surface area contributed by atoms with Gasteiger partial charge < -0.3 is 10.6 Å². The third-order valence-corrected chi connectivity index (χ3v) is 5.01. The number of benzene rings is 2. The van der Waals surface area contributed by atoms with Gasteiger partial charge in [-0.15, -0.1) is 0 Å². The Bertz CT molecular complexity index is 1040. The molecular formula is C21H20F3N3O3. The molecular weight excluding hydrogens is 399 g/mol. The standard InChI is InChI=1S/C21H20F3N3O3/c1-12-8-9-13(2)16(10-12)25-17(28)11-27-18(29)20(3,26-19(27)30)14-6-4-5-7-15(14)21(22,23)24/h4-10H,11H2,1-3H3,(H,25,28)(H,26,30). The molecule has 1 aliphatic rings. The second-order valence-corrected chi connectivity index (χ2v) is 7.36. The monoisotopic (exact) mass is 419 g/mol. The maximum absolute atomic E-state index is 13.4. The predicted molar refractivity (Wildman–Crippen MR) is 104 cm³/mol. The Morgan fingerprint density at radius 2 is 1.80 bits per heavy atom. The molecule has 158 valence electrons. The van der Waals surface area contributed by atoms with Crippen LogP contribution in [0, 0.1) is 13.8 Å². The summed E-state index contributed by atoms with van der Waals surface area (Å²) >= 11 is 0. The predicted octanol–water partition coefficient (Wildman–Crippen LogP) is 3.73. The summed E-state index contributed by atoms with van der Waals surface area (Å²) in [5.41, 5.74) is -1.13. The van der Waals surface area contributed by atoms with Crippen molar-refractivity contribution < 1.29 is 27.6 Å². The zero-order valence-electron chi connectivity index (χ0n) is 16.6. The molecule has 2 N–H and O–H groups in total. The van der Waals surface area contributed by atoms with Crippen LogP contribution in [-0.2, 0) is 21.3 Å².